The first-order valence-corrected chi connectivity index (χ1v) is 52.1. The number of rotatable bonds is 20. The molecule has 9 fully saturated rings. The monoisotopic (exact) mass is 2800 g/mol. The van der Waals surface area contributed by atoms with Gasteiger partial charge in [-0.05, 0) is 123 Å². The van der Waals surface area contributed by atoms with E-state index in [4.69, 9.17) is 0 Å². The molecule has 0 radical (unpaired) electrons. The van der Waals surface area contributed by atoms with Crippen molar-refractivity contribution >= 4 is 43.1 Å². The van der Waals surface area contributed by atoms with Gasteiger partial charge in [0.05, 0.1) is 0 Å². The Morgan fingerprint density at radius 2 is 0.441 bits per heavy atom. The van der Waals surface area contributed by atoms with E-state index in [2.05, 4.69) is 388 Å². The molecule has 14 aromatic carbocycles. The molecule has 9 aliphatic heterocycles. The van der Waals surface area contributed by atoms with Gasteiger partial charge in [-0.25, -0.2) is 0 Å². The molecule has 746 valence electrons. The molecule has 14 aromatic rings. The predicted octanol–water partition coefficient (Wildman–Crippen LogP) is 23.5. The minimum Gasteiger partial charge on any atom is -0.301 e. The van der Waals surface area contributed by atoms with Crippen LogP contribution in [0.25, 0.3) is 43.1 Å². The van der Waals surface area contributed by atoms with Crippen molar-refractivity contribution in [3.8, 4) is 0 Å². The molecule has 10 nitrogen and oxygen atoms in total. The zero-order chi connectivity index (χ0) is 94.0. The van der Waals surface area contributed by atoms with Gasteiger partial charge >= 0.3 is 105 Å². The number of piperidine rings is 8. The summed E-state index contributed by atoms with van der Waals surface area (Å²) in [6.45, 7) is 48.2. The summed E-state index contributed by atoms with van der Waals surface area (Å²) in [6.07, 6.45) is 8.02. The maximum Gasteiger partial charge on any atom is 4.00 e. The van der Waals surface area contributed by atoms with Gasteiger partial charge < -0.3 is 49.0 Å². The summed E-state index contributed by atoms with van der Waals surface area (Å²) >= 11 is 0. The Kier molecular flexibility index (Phi) is 42.7. The first kappa shape index (κ1) is 112. The van der Waals surface area contributed by atoms with Gasteiger partial charge in [0.25, 0.3) is 0 Å². The zero-order valence-electron chi connectivity index (χ0n) is 84.7. The number of hydrogen-bond donors (Lipinski definition) is 0. The molecule has 9 aliphatic rings. The van der Waals surface area contributed by atoms with Gasteiger partial charge in [0.15, 0.2) is 0 Å². The Balaban J connectivity index is 0.000000141. The second-order valence-electron chi connectivity index (χ2n) is 44.2. The number of benzene rings is 14. The second-order valence-corrected chi connectivity index (χ2v) is 44.2. The Hall–Kier alpha value is -6.84. The molecule has 15 heteroatoms. The number of fused-ring (bicyclic) bond motifs is 12. The quantitative estimate of drug-likeness (QED) is 0.0688. The van der Waals surface area contributed by atoms with Crippen molar-refractivity contribution in [2.45, 2.75) is 156 Å². The van der Waals surface area contributed by atoms with E-state index in [1.807, 2.05) is 42.5 Å². The summed E-state index contributed by atoms with van der Waals surface area (Å²) in [4.78, 5) is 26.5. The zero-order valence-corrected chi connectivity index (χ0v) is 96.0. The maximum absolute atomic E-state index is 3.53. The maximum atomic E-state index is 3.53. The first-order valence-electron chi connectivity index (χ1n) is 52.1. The van der Waals surface area contributed by atoms with E-state index in [1.165, 1.54) is 266 Å². The summed E-state index contributed by atoms with van der Waals surface area (Å²) in [5.41, 5.74) is 16.5. The average molecular weight is 2800 g/mol. The van der Waals surface area contributed by atoms with Gasteiger partial charge in [-0.3, -0.25) is 0 Å². The second kappa shape index (κ2) is 54.6. The molecular formula is C128H144N10Pt5+10. The van der Waals surface area contributed by atoms with E-state index in [9.17, 15) is 0 Å². The van der Waals surface area contributed by atoms with Crippen LogP contribution >= 0.6 is 0 Å². The fourth-order valence-electron chi connectivity index (χ4n) is 24.5. The van der Waals surface area contributed by atoms with Gasteiger partial charge in [-0.15, -0.1) is 123 Å². The van der Waals surface area contributed by atoms with E-state index >= 15 is 0 Å². The molecule has 0 amide bonds. The van der Waals surface area contributed by atoms with Crippen LogP contribution < -0.4 is 0 Å². The van der Waals surface area contributed by atoms with Crippen molar-refractivity contribution in [3.63, 3.8) is 0 Å². The molecule has 9 heterocycles. The van der Waals surface area contributed by atoms with Crippen LogP contribution in [0.2, 0.25) is 0 Å². The van der Waals surface area contributed by atoms with Crippen molar-refractivity contribution in [1.82, 2.24) is 49.0 Å². The Morgan fingerprint density at radius 3 is 0.727 bits per heavy atom. The molecule has 0 aliphatic carbocycles. The molecule has 143 heavy (non-hydrogen) atoms. The van der Waals surface area contributed by atoms with Crippen molar-refractivity contribution in [2.75, 3.05) is 131 Å². The van der Waals surface area contributed by atoms with Crippen LogP contribution in [0.15, 0.2) is 279 Å². The summed E-state index contributed by atoms with van der Waals surface area (Å²) in [6, 6.07) is 133. The number of likely N-dealkylation sites (tertiary alicyclic amines) is 8. The van der Waals surface area contributed by atoms with Crippen molar-refractivity contribution < 1.29 is 105 Å². The third-order valence-electron chi connectivity index (χ3n) is 30.4. The molecule has 8 bridgehead atoms. The Bertz CT molecular complexity index is 5900. The minimum atomic E-state index is 0. The summed E-state index contributed by atoms with van der Waals surface area (Å²) in [5.74, 6) is 6.29. The molecule has 9 saturated heterocycles. The molecular weight excluding hydrogens is 2650 g/mol. The smallest absolute Gasteiger partial charge is 0.301 e. The van der Waals surface area contributed by atoms with Crippen LogP contribution in [-0.4, -0.2) is 180 Å². The van der Waals surface area contributed by atoms with Gasteiger partial charge in [0.2, 0.25) is 0 Å². The first-order chi connectivity index (χ1) is 67.4. The molecule has 2 atom stereocenters. The van der Waals surface area contributed by atoms with Crippen LogP contribution in [-0.2, 0) is 182 Å². The predicted molar refractivity (Wildman–Crippen MR) is 569 cm³/mol. The Labute approximate surface area is 929 Å². The summed E-state index contributed by atoms with van der Waals surface area (Å²) in [5, 5.41) is 10.6. The molecule has 0 N–H and O–H groups in total. The molecule has 0 saturated carbocycles. The van der Waals surface area contributed by atoms with Gasteiger partial charge in [-0.1, -0.05) is 114 Å². The van der Waals surface area contributed by atoms with Crippen LogP contribution in [0.1, 0.15) is 147 Å². The number of hydrogen-bond acceptors (Lipinski definition) is 10. The van der Waals surface area contributed by atoms with Crippen LogP contribution in [0.4, 0.5) is 0 Å². The SMILES string of the molecule is CC(C)(C)c1cc[c-]c(CN2CC3CC(C2)CN(Cc2[c-]ccc(C(C)(C)C)c2)C3)c1.[Pt+4].[Pt+4].[Pt+4].[Pt+4].[Pt+4].[c-]1ccc2ccccc2c1CN1CC2CC(C1)CN(Cc1[c-]ccc3ccccc13)C2.[c-]1ccccc1CN1CC2CC(C1)CN(Cc1[c-]ccc3ccccc13)C2.[c-]1ccccc1CN1CC2CC(C1)CN(Cc1[c-]cccc1)C2.[c-]1ccccc1CN1CCCN(Cc2[c-]cc3ccccc3c2)CCC1. The summed E-state index contributed by atoms with van der Waals surface area (Å²) < 4.78 is 0. The standard InChI is InChI=1S/C29H28N2.C29H40N2.C25H26N2.C24H26N2.C21H24N2.5Pt/c1-3-13-28-24(7-1)9-5-11-26(28)20-30-16-22-15-23(17-30)19-31(18-22)21-27-12-6-10-25-8-2-4-14-29(25)27;1-28(2,3)26-11-7-9-22(14-26)16-30-18-24-13-25(19-30)21-31(20-24)17-23-10-8-12-27(15-23)29(4,5)6;1-2-7-20(8-3-1)14-26-15-21-13-22(16-26)18-27(17-21)19-24-11-6-10-23-9-4-5-12-25(23)24;1-2-8-21(9-3-1)19-25-14-6-16-26(17-7-15-25)20-22-12-13-23-10-4-5-11-24(23)18-22;1-3-7-18(8-4-1)12-22-14-20-11-21(15-22)17-23(16-20)13-19-9-5-2-6-10-19;;;;;/h1-10,13-14,22-23H,15-21H2;7-8,11-12,14-15,24-25H,13,16-21H2,1-6H3;1-7,9-10,12,21-22H,13-19H2;1-5,8,10-11,13,18H,6-7,14-17,19-20H2;1-7,9,20-21H,11-17H2;;;;;/q5*-2;5*+4. The number of nitrogens with zero attached hydrogens (tertiary/aromatic N) is 10. The fourth-order valence-corrected chi connectivity index (χ4v) is 24.5. The fraction of sp³-hybridized carbons (Fsp3) is 0.406. The van der Waals surface area contributed by atoms with E-state index in [1.54, 1.807) is 0 Å². The van der Waals surface area contributed by atoms with Gasteiger partial charge in [-0.2, -0.15) is 254 Å². The van der Waals surface area contributed by atoms with Crippen LogP contribution in [0.5, 0.6) is 0 Å². The topological polar surface area (TPSA) is 32.4 Å². The minimum absolute atomic E-state index is 0. The van der Waals surface area contributed by atoms with Gasteiger partial charge in [0.1, 0.15) is 0 Å². The molecule has 0 aromatic heterocycles. The normalized spacial score (nSPS) is 21.5. The molecule has 2 unspecified atom stereocenters. The van der Waals surface area contributed by atoms with Crippen molar-refractivity contribution in [2.24, 2.45) is 47.3 Å². The van der Waals surface area contributed by atoms with E-state index < -0.39 is 0 Å². The van der Waals surface area contributed by atoms with Crippen molar-refractivity contribution in [3.05, 3.63) is 406 Å². The average Bonchev–Trinajstić information content (AvgIpc) is 0.818. The van der Waals surface area contributed by atoms with E-state index in [0.29, 0.717) is 0 Å². The molecule has 0 spiro atoms. The van der Waals surface area contributed by atoms with Gasteiger partial charge in [0, 0.05) is 170 Å². The van der Waals surface area contributed by atoms with Crippen LogP contribution in [0, 0.1) is 108 Å². The van der Waals surface area contributed by atoms with Crippen LogP contribution in [0.3, 0.4) is 0 Å². The van der Waals surface area contributed by atoms with E-state index in [-0.39, 0.29) is 116 Å². The molecule has 23 rings (SSSR count). The van der Waals surface area contributed by atoms with E-state index in [0.717, 1.165) is 126 Å². The summed E-state index contributed by atoms with van der Waals surface area (Å²) in [7, 11) is 0. The third kappa shape index (κ3) is 32.4. The van der Waals surface area contributed by atoms with Crippen molar-refractivity contribution in [1.29, 1.82) is 0 Å². The Morgan fingerprint density at radius 1 is 0.210 bits per heavy atom. The largest absolute Gasteiger partial charge is 4.00 e. The third-order valence-corrected chi connectivity index (χ3v) is 30.4.